The van der Waals surface area contributed by atoms with E-state index in [1.165, 1.54) is 12.1 Å². The Morgan fingerprint density at radius 3 is 2.89 bits per heavy atom. The highest BCUT2D eigenvalue weighted by Crippen LogP contribution is 2.31. The lowest BCUT2D eigenvalue weighted by molar-refractivity contribution is 0.375. The molecule has 0 bridgehead atoms. The van der Waals surface area contributed by atoms with Crippen LogP contribution < -0.4 is 5.32 Å². The summed E-state index contributed by atoms with van der Waals surface area (Å²) in [6.07, 6.45) is 3.03. The van der Waals surface area contributed by atoms with Crippen molar-refractivity contribution in [3.05, 3.63) is 18.0 Å². The van der Waals surface area contributed by atoms with Crippen LogP contribution in [-0.4, -0.2) is 26.7 Å². The molecule has 1 atom stereocenters. The third-order valence-corrected chi connectivity index (χ3v) is 4.05. The molecule has 100 valence electrons. The van der Waals surface area contributed by atoms with Gasteiger partial charge in [-0.2, -0.15) is 5.10 Å². The number of amidine groups is 1. The maximum atomic E-state index is 4.57. The molecule has 0 aliphatic carbocycles. The van der Waals surface area contributed by atoms with Crippen LogP contribution in [0.5, 0.6) is 0 Å². The van der Waals surface area contributed by atoms with Gasteiger partial charge in [0.1, 0.15) is 0 Å². The van der Waals surface area contributed by atoms with Crippen LogP contribution >= 0.6 is 11.8 Å². The fourth-order valence-electron chi connectivity index (χ4n) is 2.04. The van der Waals surface area contributed by atoms with E-state index in [1.807, 2.05) is 35.8 Å². The largest absolute Gasteiger partial charge is 0.359 e. The van der Waals surface area contributed by atoms with Crippen LogP contribution in [0.4, 0.5) is 0 Å². The van der Waals surface area contributed by atoms with Crippen molar-refractivity contribution in [1.29, 1.82) is 0 Å². The number of rotatable bonds is 3. The van der Waals surface area contributed by atoms with Crippen LogP contribution in [0.15, 0.2) is 17.3 Å². The number of hydrogen-bond acceptors (Lipinski definition) is 4. The van der Waals surface area contributed by atoms with Gasteiger partial charge >= 0.3 is 0 Å². The van der Waals surface area contributed by atoms with E-state index in [4.69, 9.17) is 0 Å². The van der Waals surface area contributed by atoms with Gasteiger partial charge in [0.05, 0.1) is 18.8 Å². The van der Waals surface area contributed by atoms with Gasteiger partial charge in [-0.05, 0) is 17.9 Å². The molecule has 0 amide bonds. The van der Waals surface area contributed by atoms with Gasteiger partial charge in [-0.1, -0.05) is 32.5 Å². The van der Waals surface area contributed by atoms with Crippen LogP contribution in [0.1, 0.15) is 32.9 Å². The summed E-state index contributed by atoms with van der Waals surface area (Å²) >= 11 is 1.87. The molecule has 4 nitrogen and oxygen atoms in total. The van der Waals surface area contributed by atoms with Crippen LogP contribution in [0.2, 0.25) is 0 Å². The Morgan fingerprint density at radius 1 is 1.50 bits per heavy atom. The second kappa shape index (κ2) is 5.34. The lowest BCUT2D eigenvalue weighted by Gasteiger charge is -2.21. The standard InChI is InChI=1S/C13H22N4S/c1-13(2,3)7-11-9-15-12(18-11)14-8-10-5-6-16-17(10)4/h5-6,11H,7-9H2,1-4H3,(H,14,15). The van der Waals surface area contributed by atoms with Crippen molar-refractivity contribution in [3.8, 4) is 0 Å². The van der Waals surface area contributed by atoms with E-state index >= 15 is 0 Å². The molecule has 2 rings (SSSR count). The van der Waals surface area contributed by atoms with Gasteiger partial charge < -0.3 is 5.32 Å². The lowest BCUT2D eigenvalue weighted by Crippen LogP contribution is -2.21. The molecule has 5 heteroatoms. The summed E-state index contributed by atoms with van der Waals surface area (Å²) in [5.41, 5.74) is 1.56. The predicted octanol–water partition coefficient (Wildman–Crippen LogP) is 2.42. The van der Waals surface area contributed by atoms with Crippen molar-refractivity contribution in [2.45, 2.75) is 39.0 Å². The molecule has 0 radical (unpaired) electrons. The van der Waals surface area contributed by atoms with Gasteiger partial charge in [0.2, 0.25) is 0 Å². The lowest BCUT2D eigenvalue weighted by atomic mass is 9.90. The molecule has 0 saturated carbocycles. The highest BCUT2D eigenvalue weighted by Gasteiger charge is 2.24. The van der Waals surface area contributed by atoms with E-state index in [-0.39, 0.29) is 0 Å². The first-order valence-corrected chi connectivity index (χ1v) is 7.24. The summed E-state index contributed by atoms with van der Waals surface area (Å²) in [4.78, 5) is 4.57. The van der Waals surface area contributed by atoms with Crippen molar-refractivity contribution in [1.82, 2.24) is 15.1 Å². The van der Waals surface area contributed by atoms with Crippen molar-refractivity contribution in [3.63, 3.8) is 0 Å². The average Bonchev–Trinajstić information content (AvgIpc) is 2.82. The fraction of sp³-hybridized carbons (Fsp3) is 0.692. The first kappa shape index (κ1) is 13.5. The minimum atomic E-state index is 0.380. The van der Waals surface area contributed by atoms with E-state index in [0.29, 0.717) is 10.7 Å². The summed E-state index contributed by atoms with van der Waals surface area (Å²) in [7, 11) is 1.96. The van der Waals surface area contributed by atoms with Gasteiger partial charge in [-0.3, -0.25) is 9.67 Å². The Kier molecular flexibility index (Phi) is 4.00. The van der Waals surface area contributed by atoms with E-state index in [0.717, 1.165) is 18.3 Å². The highest BCUT2D eigenvalue weighted by molar-refractivity contribution is 8.14. The van der Waals surface area contributed by atoms with Gasteiger partial charge in [0.25, 0.3) is 0 Å². The second-order valence-electron chi connectivity index (χ2n) is 5.95. The van der Waals surface area contributed by atoms with Crippen LogP contribution in [0.25, 0.3) is 0 Å². The Bertz CT molecular complexity index is 430. The Hall–Kier alpha value is -0.970. The highest BCUT2D eigenvalue weighted by atomic mass is 32.2. The van der Waals surface area contributed by atoms with Gasteiger partial charge in [-0.25, -0.2) is 0 Å². The molecule has 1 aromatic heterocycles. The number of nitrogens with zero attached hydrogens (tertiary/aromatic N) is 3. The molecule has 1 aliphatic heterocycles. The summed E-state index contributed by atoms with van der Waals surface area (Å²) in [5.74, 6) is 0. The number of aromatic nitrogens is 2. The number of nitrogens with one attached hydrogen (secondary N) is 1. The normalized spacial score (nSPS) is 20.0. The van der Waals surface area contributed by atoms with Gasteiger partial charge in [0, 0.05) is 18.5 Å². The molecule has 0 fully saturated rings. The van der Waals surface area contributed by atoms with Gasteiger partial charge in [-0.15, -0.1) is 0 Å². The Balaban J connectivity index is 1.78. The topological polar surface area (TPSA) is 42.2 Å². The molecule has 1 aliphatic rings. The van der Waals surface area contributed by atoms with Crippen molar-refractivity contribution >= 4 is 16.9 Å². The third kappa shape index (κ3) is 3.77. The minimum Gasteiger partial charge on any atom is -0.359 e. The maximum absolute atomic E-state index is 4.57. The quantitative estimate of drug-likeness (QED) is 0.913. The molecular weight excluding hydrogens is 244 g/mol. The average molecular weight is 266 g/mol. The molecule has 18 heavy (non-hydrogen) atoms. The maximum Gasteiger partial charge on any atom is 0.157 e. The monoisotopic (exact) mass is 266 g/mol. The van der Waals surface area contributed by atoms with Crippen molar-refractivity contribution < 1.29 is 0 Å². The smallest absolute Gasteiger partial charge is 0.157 e. The zero-order valence-electron chi connectivity index (χ0n) is 11.6. The Morgan fingerprint density at radius 2 is 2.28 bits per heavy atom. The summed E-state index contributed by atoms with van der Waals surface area (Å²) in [6.45, 7) is 8.60. The zero-order valence-corrected chi connectivity index (χ0v) is 12.4. The molecule has 2 heterocycles. The van der Waals surface area contributed by atoms with E-state index in [2.05, 4.69) is 36.2 Å². The molecule has 1 unspecified atom stereocenters. The summed E-state index contributed by atoms with van der Waals surface area (Å²) in [5, 5.41) is 9.25. The summed E-state index contributed by atoms with van der Waals surface area (Å²) in [6, 6.07) is 2.03. The van der Waals surface area contributed by atoms with Crippen LogP contribution in [-0.2, 0) is 13.6 Å². The molecule has 0 saturated heterocycles. The fourth-order valence-corrected chi connectivity index (χ4v) is 3.40. The predicted molar refractivity (Wildman–Crippen MR) is 77.8 cm³/mol. The van der Waals surface area contributed by atoms with Crippen LogP contribution in [0.3, 0.4) is 0 Å². The minimum absolute atomic E-state index is 0.380. The molecule has 0 spiro atoms. The van der Waals surface area contributed by atoms with Crippen LogP contribution in [0, 0.1) is 5.41 Å². The third-order valence-electron chi connectivity index (χ3n) is 2.90. The van der Waals surface area contributed by atoms with Gasteiger partial charge in [0.15, 0.2) is 5.17 Å². The molecular formula is C13H22N4S. The van der Waals surface area contributed by atoms with Crippen molar-refractivity contribution in [2.75, 3.05) is 6.54 Å². The molecule has 1 N–H and O–H groups in total. The number of aliphatic imine (C=N–C) groups is 1. The van der Waals surface area contributed by atoms with E-state index in [9.17, 15) is 0 Å². The number of aryl methyl sites for hydroxylation is 1. The molecule has 1 aromatic rings. The molecule has 0 aromatic carbocycles. The Labute approximate surface area is 113 Å². The SMILES string of the molecule is Cn1nccc1CNC1=NCC(CC(C)(C)C)S1. The summed E-state index contributed by atoms with van der Waals surface area (Å²) < 4.78 is 1.89. The zero-order chi connectivity index (χ0) is 13.2. The van der Waals surface area contributed by atoms with E-state index in [1.54, 1.807) is 0 Å². The second-order valence-corrected chi connectivity index (χ2v) is 7.24. The number of hydrogen-bond donors (Lipinski definition) is 1. The van der Waals surface area contributed by atoms with E-state index < -0.39 is 0 Å². The first-order chi connectivity index (χ1) is 8.44. The first-order valence-electron chi connectivity index (χ1n) is 6.36. The van der Waals surface area contributed by atoms with Crippen molar-refractivity contribution in [2.24, 2.45) is 17.5 Å². The number of thioether (sulfide) groups is 1.